The van der Waals surface area contributed by atoms with Gasteiger partial charge in [0.1, 0.15) is 0 Å². The fraction of sp³-hybridized carbons (Fsp3) is 0.333. The fourth-order valence-electron chi connectivity index (χ4n) is 2.48. The summed E-state index contributed by atoms with van der Waals surface area (Å²) in [6.45, 7) is 1.44. The van der Waals surface area contributed by atoms with E-state index in [-0.39, 0.29) is 17.2 Å². The van der Waals surface area contributed by atoms with Gasteiger partial charge in [-0.1, -0.05) is 48.5 Å². The van der Waals surface area contributed by atoms with Crippen LogP contribution in [0.2, 0.25) is 0 Å². The normalized spacial score (nSPS) is 12.3. The molecule has 24 heavy (non-hydrogen) atoms. The molecule has 0 fully saturated rings. The van der Waals surface area contributed by atoms with E-state index in [0.29, 0.717) is 25.3 Å². The lowest BCUT2D eigenvalue weighted by Gasteiger charge is -2.20. The molecule has 6 nitrogen and oxygen atoms in total. The van der Waals surface area contributed by atoms with Crippen molar-refractivity contribution in [3.63, 3.8) is 0 Å². The number of likely N-dealkylation sites (N-methyl/N-ethyl adjacent to an activating group) is 1. The number of benzene rings is 2. The van der Waals surface area contributed by atoms with Gasteiger partial charge in [0, 0.05) is 24.7 Å². The van der Waals surface area contributed by atoms with Gasteiger partial charge in [0.25, 0.3) is 5.69 Å². The average molecular weight is 330 g/mol. The molecule has 2 aromatic carbocycles. The van der Waals surface area contributed by atoms with E-state index in [1.54, 1.807) is 18.2 Å². The third-order valence-corrected chi connectivity index (χ3v) is 3.57. The van der Waals surface area contributed by atoms with Crippen LogP contribution < -0.4 is 0 Å². The first-order chi connectivity index (χ1) is 11.6. The SMILES string of the molecule is CN(Cc1ccccc1[N+](=O)[O-])C[C@@H](O)COCc1ccccc1. The van der Waals surface area contributed by atoms with E-state index in [0.717, 1.165) is 5.56 Å². The highest BCUT2D eigenvalue weighted by molar-refractivity contribution is 5.39. The van der Waals surface area contributed by atoms with Crippen molar-refractivity contribution in [1.29, 1.82) is 0 Å². The summed E-state index contributed by atoms with van der Waals surface area (Å²) in [4.78, 5) is 12.5. The van der Waals surface area contributed by atoms with E-state index in [1.165, 1.54) is 6.07 Å². The van der Waals surface area contributed by atoms with Crippen LogP contribution in [0.5, 0.6) is 0 Å². The molecule has 128 valence electrons. The molecule has 0 unspecified atom stereocenters. The number of nitro benzene ring substituents is 1. The summed E-state index contributed by atoms with van der Waals surface area (Å²) in [6, 6.07) is 16.4. The molecule has 0 aliphatic carbocycles. The third-order valence-electron chi connectivity index (χ3n) is 3.57. The standard InChI is InChI=1S/C18H22N2O4/c1-19(11-16-9-5-6-10-18(16)20(22)23)12-17(21)14-24-13-15-7-3-2-4-8-15/h2-10,17,21H,11-14H2,1H3/t17-/m1/s1. The number of hydrogen-bond donors (Lipinski definition) is 1. The minimum atomic E-state index is -0.651. The zero-order chi connectivity index (χ0) is 17.4. The molecule has 0 saturated carbocycles. The number of nitro groups is 1. The molecule has 0 radical (unpaired) electrons. The van der Waals surface area contributed by atoms with Crippen LogP contribution in [0.15, 0.2) is 54.6 Å². The average Bonchev–Trinajstić information content (AvgIpc) is 2.56. The van der Waals surface area contributed by atoms with Crippen LogP contribution in [0.4, 0.5) is 5.69 Å². The van der Waals surface area contributed by atoms with Crippen molar-refractivity contribution in [3.8, 4) is 0 Å². The Morgan fingerprint density at radius 3 is 2.54 bits per heavy atom. The lowest BCUT2D eigenvalue weighted by Crippen LogP contribution is -2.32. The molecule has 0 spiro atoms. The van der Waals surface area contributed by atoms with E-state index in [1.807, 2.05) is 42.3 Å². The van der Waals surface area contributed by atoms with Gasteiger partial charge in [-0.25, -0.2) is 0 Å². The van der Waals surface area contributed by atoms with Gasteiger partial charge in [0.05, 0.1) is 24.2 Å². The van der Waals surface area contributed by atoms with Crippen LogP contribution in [0.25, 0.3) is 0 Å². The first-order valence-electron chi connectivity index (χ1n) is 7.77. The highest BCUT2D eigenvalue weighted by Gasteiger charge is 2.15. The van der Waals surface area contributed by atoms with Crippen LogP contribution >= 0.6 is 0 Å². The number of aliphatic hydroxyl groups excluding tert-OH is 1. The van der Waals surface area contributed by atoms with E-state index < -0.39 is 6.10 Å². The fourth-order valence-corrected chi connectivity index (χ4v) is 2.48. The smallest absolute Gasteiger partial charge is 0.273 e. The van der Waals surface area contributed by atoms with E-state index in [2.05, 4.69) is 0 Å². The van der Waals surface area contributed by atoms with Gasteiger partial charge in [-0.3, -0.25) is 15.0 Å². The summed E-state index contributed by atoms with van der Waals surface area (Å²) in [5.74, 6) is 0. The maximum Gasteiger partial charge on any atom is 0.273 e. The van der Waals surface area contributed by atoms with Gasteiger partial charge in [-0.2, -0.15) is 0 Å². The Labute approximate surface area is 141 Å². The maximum atomic E-state index is 11.0. The maximum absolute atomic E-state index is 11.0. The Bertz CT molecular complexity index is 648. The van der Waals surface area contributed by atoms with Crippen LogP contribution in [-0.4, -0.2) is 41.2 Å². The molecular weight excluding hydrogens is 308 g/mol. The van der Waals surface area contributed by atoms with Gasteiger partial charge in [-0.05, 0) is 12.6 Å². The number of ether oxygens (including phenoxy) is 1. The molecule has 6 heteroatoms. The Kier molecular flexibility index (Phi) is 6.87. The van der Waals surface area contributed by atoms with Gasteiger partial charge >= 0.3 is 0 Å². The first-order valence-corrected chi connectivity index (χ1v) is 7.77. The lowest BCUT2D eigenvalue weighted by atomic mass is 10.1. The van der Waals surface area contributed by atoms with Crippen molar-refractivity contribution in [2.45, 2.75) is 19.3 Å². The van der Waals surface area contributed by atoms with Crippen LogP contribution in [0, 0.1) is 10.1 Å². The quantitative estimate of drug-likeness (QED) is 0.565. The summed E-state index contributed by atoms with van der Waals surface area (Å²) >= 11 is 0. The van der Waals surface area contributed by atoms with Crippen molar-refractivity contribution in [2.24, 2.45) is 0 Å². The van der Waals surface area contributed by atoms with Crippen LogP contribution in [0.3, 0.4) is 0 Å². The van der Waals surface area contributed by atoms with E-state index in [9.17, 15) is 15.2 Å². The second kappa shape index (κ2) is 9.12. The van der Waals surface area contributed by atoms with Crippen molar-refractivity contribution in [1.82, 2.24) is 4.90 Å². The van der Waals surface area contributed by atoms with Gasteiger partial charge < -0.3 is 9.84 Å². The van der Waals surface area contributed by atoms with Crippen molar-refractivity contribution in [3.05, 3.63) is 75.8 Å². The Hall–Kier alpha value is -2.28. The van der Waals surface area contributed by atoms with Gasteiger partial charge in [-0.15, -0.1) is 0 Å². The number of rotatable bonds is 9. The zero-order valence-corrected chi connectivity index (χ0v) is 13.7. The molecule has 0 aromatic heterocycles. The molecule has 0 amide bonds. The van der Waals surface area contributed by atoms with Gasteiger partial charge in [0.15, 0.2) is 0 Å². The zero-order valence-electron chi connectivity index (χ0n) is 13.7. The molecule has 0 aliphatic heterocycles. The molecule has 1 atom stereocenters. The van der Waals surface area contributed by atoms with Crippen LogP contribution in [-0.2, 0) is 17.9 Å². The topological polar surface area (TPSA) is 75.8 Å². The van der Waals surface area contributed by atoms with E-state index in [4.69, 9.17) is 4.74 Å². The van der Waals surface area contributed by atoms with E-state index >= 15 is 0 Å². The van der Waals surface area contributed by atoms with Gasteiger partial charge in [0.2, 0.25) is 0 Å². The molecule has 0 heterocycles. The predicted octanol–water partition coefficient (Wildman–Crippen LogP) is 2.60. The van der Waals surface area contributed by atoms with Crippen molar-refractivity contribution < 1.29 is 14.8 Å². The first kappa shape index (κ1) is 18.1. The summed E-state index contributed by atoms with van der Waals surface area (Å²) < 4.78 is 5.51. The second-order valence-corrected chi connectivity index (χ2v) is 5.74. The summed E-state index contributed by atoms with van der Waals surface area (Å²) in [5, 5.41) is 21.1. The monoisotopic (exact) mass is 330 g/mol. The molecule has 2 aromatic rings. The highest BCUT2D eigenvalue weighted by atomic mass is 16.6. The minimum Gasteiger partial charge on any atom is -0.389 e. The molecular formula is C18H22N2O4. The molecule has 0 bridgehead atoms. The minimum absolute atomic E-state index is 0.0965. The number of hydrogen-bond acceptors (Lipinski definition) is 5. The molecule has 2 rings (SSSR count). The Morgan fingerprint density at radius 1 is 1.17 bits per heavy atom. The Morgan fingerprint density at radius 2 is 1.83 bits per heavy atom. The lowest BCUT2D eigenvalue weighted by molar-refractivity contribution is -0.385. The number of aliphatic hydroxyl groups is 1. The molecule has 0 aliphatic rings. The predicted molar refractivity (Wildman–Crippen MR) is 91.5 cm³/mol. The molecule has 0 saturated heterocycles. The van der Waals surface area contributed by atoms with Crippen LogP contribution in [0.1, 0.15) is 11.1 Å². The summed E-state index contributed by atoms with van der Waals surface area (Å²) in [7, 11) is 1.82. The highest BCUT2D eigenvalue weighted by Crippen LogP contribution is 2.19. The summed E-state index contributed by atoms with van der Waals surface area (Å²) in [5.41, 5.74) is 1.78. The Balaban J connectivity index is 1.77. The summed E-state index contributed by atoms with van der Waals surface area (Å²) in [6.07, 6.45) is -0.651. The van der Waals surface area contributed by atoms with Crippen molar-refractivity contribution >= 4 is 5.69 Å². The molecule has 1 N–H and O–H groups in total. The number of nitrogens with zero attached hydrogens (tertiary/aromatic N) is 2. The third kappa shape index (κ3) is 5.73. The largest absolute Gasteiger partial charge is 0.389 e. The number of para-hydroxylation sites is 1. The second-order valence-electron chi connectivity index (χ2n) is 5.74. The van der Waals surface area contributed by atoms with Crippen molar-refractivity contribution in [2.75, 3.05) is 20.2 Å².